The molecule has 68 valence electrons. The van der Waals surface area contributed by atoms with Gasteiger partial charge < -0.3 is 5.32 Å². The molecule has 0 atom stereocenters. The third-order valence-corrected chi connectivity index (χ3v) is 3.24. The normalized spacial score (nSPS) is 18.2. The number of aromatic nitrogens is 1. The average molecular weight is 310 g/mol. The fourth-order valence-corrected chi connectivity index (χ4v) is 2.08. The van der Waals surface area contributed by atoms with Crippen molar-refractivity contribution in [1.82, 2.24) is 4.98 Å². The summed E-state index contributed by atoms with van der Waals surface area (Å²) in [5, 5.41) is 2.44. The first kappa shape index (κ1) is 9.08. The highest BCUT2D eigenvalue weighted by Crippen LogP contribution is 2.47. The number of hydrogen-bond acceptors (Lipinski definition) is 2. The van der Waals surface area contributed by atoms with Crippen LogP contribution in [0, 0.1) is 5.82 Å². The lowest BCUT2D eigenvalue weighted by atomic mass is 10.2. The summed E-state index contributed by atoms with van der Waals surface area (Å²) in [4.78, 5) is 15.1. The van der Waals surface area contributed by atoms with Gasteiger partial charge in [0.05, 0.1) is 5.56 Å². The molecule has 13 heavy (non-hydrogen) atoms. The van der Waals surface area contributed by atoms with Gasteiger partial charge in [0.1, 0.15) is 11.6 Å². The number of alkyl halides is 2. The largest absolute Gasteiger partial charge is 0.308 e. The Kier molecular flexibility index (Phi) is 1.92. The Hall–Kier alpha value is -0.490. The molecule has 1 aromatic rings. The van der Waals surface area contributed by atoms with Crippen LogP contribution in [0.4, 0.5) is 10.2 Å². The third-order valence-electron chi connectivity index (χ3n) is 1.73. The Morgan fingerprint density at radius 2 is 2.23 bits per heavy atom. The highest BCUT2D eigenvalue weighted by Gasteiger charge is 2.45. The number of amides is 1. The van der Waals surface area contributed by atoms with Gasteiger partial charge >= 0.3 is 0 Å². The predicted molar refractivity (Wildman–Crippen MR) is 52.4 cm³/mol. The molecule has 2 rings (SSSR count). The molecule has 0 aromatic carbocycles. The van der Waals surface area contributed by atoms with Crippen LogP contribution in [-0.4, -0.2) is 10.9 Å². The number of nitrogens with zero attached hydrogens (tertiary/aromatic N) is 1. The van der Waals surface area contributed by atoms with Crippen LogP contribution in [-0.2, 0) is 8.03 Å². The van der Waals surface area contributed by atoms with E-state index >= 15 is 0 Å². The molecule has 2 heterocycles. The predicted octanol–water partition coefficient (Wildman–Crippen LogP) is 2.12. The van der Waals surface area contributed by atoms with Gasteiger partial charge in [0.2, 0.25) is 0 Å². The Morgan fingerprint density at radius 1 is 1.54 bits per heavy atom. The maximum absolute atomic E-state index is 13.3. The summed E-state index contributed by atoms with van der Waals surface area (Å²) in [5.41, 5.74) is 0.194. The van der Waals surface area contributed by atoms with Crippen LogP contribution < -0.4 is 5.32 Å². The molecule has 0 aliphatic carbocycles. The van der Waals surface area contributed by atoms with Crippen molar-refractivity contribution < 1.29 is 9.18 Å². The lowest BCUT2D eigenvalue weighted by Gasteiger charge is -2.09. The van der Waals surface area contributed by atoms with E-state index in [1.807, 2.05) is 0 Å². The van der Waals surface area contributed by atoms with Crippen LogP contribution in [0.5, 0.6) is 0 Å². The zero-order valence-electron chi connectivity index (χ0n) is 6.14. The van der Waals surface area contributed by atoms with Crippen molar-refractivity contribution in [2.45, 2.75) is 3.23 Å². The molecule has 1 aliphatic rings. The Bertz CT molecular complexity index is 394. The number of carbonyl (C=O) groups is 1. The average Bonchev–Trinajstić information content (AvgIpc) is 2.24. The lowest BCUT2D eigenvalue weighted by Crippen LogP contribution is -2.20. The second kappa shape index (κ2) is 2.75. The number of carbonyl (C=O) groups excluding carboxylic acids is 1. The van der Waals surface area contributed by atoms with Crippen molar-refractivity contribution in [3.63, 3.8) is 0 Å². The summed E-state index contributed by atoms with van der Waals surface area (Å²) < 4.78 is 12.1. The molecule has 0 bridgehead atoms. The van der Waals surface area contributed by atoms with E-state index in [4.69, 9.17) is 0 Å². The number of fused-ring (bicyclic) bond motifs is 1. The van der Waals surface area contributed by atoms with Crippen LogP contribution >= 0.6 is 31.9 Å². The standard InChI is InChI=1S/C7H3Br2FN2O/c8-7(9)4-3(10)1-2-11-5(4)12-6(7)13/h1-2H,(H,11,12,13). The summed E-state index contributed by atoms with van der Waals surface area (Å²) in [7, 11) is 0. The number of nitrogens with one attached hydrogen (secondary N) is 1. The molecule has 1 aliphatic heterocycles. The zero-order valence-corrected chi connectivity index (χ0v) is 9.32. The number of pyridine rings is 1. The summed E-state index contributed by atoms with van der Waals surface area (Å²) in [6, 6.07) is 1.20. The molecule has 0 saturated heterocycles. The highest BCUT2D eigenvalue weighted by atomic mass is 79.9. The van der Waals surface area contributed by atoms with E-state index < -0.39 is 9.05 Å². The quantitative estimate of drug-likeness (QED) is 0.746. The summed E-state index contributed by atoms with van der Waals surface area (Å²) in [5.74, 6) is -0.601. The fraction of sp³-hybridized carbons (Fsp3) is 0.143. The van der Waals surface area contributed by atoms with E-state index in [-0.39, 0.29) is 17.3 Å². The van der Waals surface area contributed by atoms with Gasteiger partial charge in [-0.1, -0.05) is 31.9 Å². The Balaban J connectivity index is 2.70. The smallest absolute Gasteiger partial charge is 0.258 e. The highest BCUT2D eigenvalue weighted by molar-refractivity contribution is 9.25. The molecule has 1 amide bonds. The van der Waals surface area contributed by atoms with Gasteiger partial charge in [-0.05, 0) is 6.07 Å². The summed E-state index contributed by atoms with van der Waals surface area (Å²) in [6.45, 7) is 0. The second-order valence-electron chi connectivity index (χ2n) is 2.54. The van der Waals surface area contributed by atoms with Crippen molar-refractivity contribution in [2.24, 2.45) is 0 Å². The van der Waals surface area contributed by atoms with Gasteiger partial charge in [-0.25, -0.2) is 9.37 Å². The molecule has 0 unspecified atom stereocenters. The molecule has 0 fully saturated rings. The lowest BCUT2D eigenvalue weighted by molar-refractivity contribution is -0.115. The molecule has 1 N–H and O–H groups in total. The first-order chi connectivity index (χ1) is 6.03. The number of rotatable bonds is 0. The summed E-state index contributed by atoms with van der Waals surface area (Å²) >= 11 is 6.16. The van der Waals surface area contributed by atoms with Crippen LogP contribution in [0.2, 0.25) is 0 Å². The SMILES string of the molecule is O=C1Nc2nccc(F)c2C1(Br)Br. The van der Waals surface area contributed by atoms with Crippen molar-refractivity contribution in [3.8, 4) is 0 Å². The molecule has 0 spiro atoms. The van der Waals surface area contributed by atoms with Crippen molar-refractivity contribution in [3.05, 3.63) is 23.6 Å². The van der Waals surface area contributed by atoms with E-state index in [0.29, 0.717) is 0 Å². The fourth-order valence-electron chi connectivity index (χ4n) is 1.13. The van der Waals surface area contributed by atoms with E-state index in [9.17, 15) is 9.18 Å². The van der Waals surface area contributed by atoms with E-state index in [0.717, 1.165) is 0 Å². The minimum atomic E-state index is -1.19. The Morgan fingerprint density at radius 3 is 2.85 bits per heavy atom. The monoisotopic (exact) mass is 308 g/mol. The number of halogens is 3. The minimum Gasteiger partial charge on any atom is -0.308 e. The minimum absolute atomic E-state index is 0.194. The van der Waals surface area contributed by atoms with Gasteiger partial charge in [-0.15, -0.1) is 0 Å². The first-order valence-corrected chi connectivity index (χ1v) is 4.96. The molecule has 6 heteroatoms. The van der Waals surface area contributed by atoms with Gasteiger partial charge in [0, 0.05) is 6.20 Å². The third kappa shape index (κ3) is 1.20. The molecular formula is C7H3Br2FN2O. The van der Waals surface area contributed by atoms with E-state index in [2.05, 4.69) is 42.2 Å². The maximum Gasteiger partial charge on any atom is 0.258 e. The second-order valence-corrected chi connectivity index (χ2v) is 5.99. The molecule has 0 saturated carbocycles. The molecule has 0 radical (unpaired) electrons. The van der Waals surface area contributed by atoms with E-state index in [1.54, 1.807) is 0 Å². The van der Waals surface area contributed by atoms with Crippen LogP contribution in [0.15, 0.2) is 12.3 Å². The van der Waals surface area contributed by atoms with Gasteiger partial charge in [0.25, 0.3) is 5.91 Å². The number of anilines is 1. The zero-order chi connectivity index (χ0) is 9.64. The van der Waals surface area contributed by atoms with Crippen LogP contribution in [0.1, 0.15) is 5.56 Å². The van der Waals surface area contributed by atoms with Gasteiger partial charge in [-0.3, -0.25) is 4.79 Å². The molecule has 3 nitrogen and oxygen atoms in total. The van der Waals surface area contributed by atoms with Gasteiger partial charge in [0.15, 0.2) is 3.23 Å². The Labute approximate surface area is 90.0 Å². The first-order valence-electron chi connectivity index (χ1n) is 3.37. The number of hydrogen-bond donors (Lipinski definition) is 1. The summed E-state index contributed by atoms with van der Waals surface area (Å²) in [6.07, 6.45) is 1.30. The van der Waals surface area contributed by atoms with Crippen molar-refractivity contribution in [1.29, 1.82) is 0 Å². The molecular weight excluding hydrogens is 307 g/mol. The van der Waals surface area contributed by atoms with Crippen LogP contribution in [0.25, 0.3) is 0 Å². The topological polar surface area (TPSA) is 42.0 Å². The molecule has 1 aromatic heterocycles. The van der Waals surface area contributed by atoms with Crippen molar-refractivity contribution in [2.75, 3.05) is 5.32 Å². The maximum atomic E-state index is 13.3. The van der Waals surface area contributed by atoms with Gasteiger partial charge in [-0.2, -0.15) is 0 Å². The van der Waals surface area contributed by atoms with Crippen molar-refractivity contribution >= 4 is 43.6 Å². The van der Waals surface area contributed by atoms with E-state index in [1.165, 1.54) is 12.3 Å². The van der Waals surface area contributed by atoms with Crippen LogP contribution in [0.3, 0.4) is 0 Å².